The van der Waals surface area contributed by atoms with Crippen molar-refractivity contribution in [3.63, 3.8) is 0 Å². The predicted molar refractivity (Wildman–Crippen MR) is 187 cm³/mol. The van der Waals surface area contributed by atoms with Gasteiger partial charge in [-0.1, -0.05) is 71.9 Å². The van der Waals surface area contributed by atoms with E-state index in [1.54, 1.807) is 0 Å². The summed E-state index contributed by atoms with van der Waals surface area (Å²) in [5.74, 6) is 2.28. The molecule has 0 spiro atoms. The molecule has 5 nitrogen and oxygen atoms in total. The van der Waals surface area contributed by atoms with Gasteiger partial charge < -0.3 is 9.22 Å². The third-order valence-electron chi connectivity index (χ3n) is 9.54. The lowest BCUT2D eigenvalue weighted by atomic mass is 9.86. The lowest BCUT2D eigenvalue weighted by molar-refractivity contribution is 0.157. The van der Waals surface area contributed by atoms with Gasteiger partial charge >= 0.3 is 0 Å². The number of rotatable bonds is 4. The number of hydrogen-bond donors (Lipinski definition) is 0. The molecular weight excluding hydrogens is 552 g/mol. The maximum absolute atomic E-state index is 8.47. The van der Waals surface area contributed by atoms with Crippen LogP contribution in [0.1, 0.15) is 56.8 Å². The van der Waals surface area contributed by atoms with E-state index in [0.29, 0.717) is 22.7 Å². The van der Waals surface area contributed by atoms with Crippen molar-refractivity contribution in [3.05, 3.63) is 121 Å². The largest absolute Gasteiger partial charge is 0.457 e. The summed E-state index contributed by atoms with van der Waals surface area (Å²) in [6, 6.07) is 33.3. The van der Waals surface area contributed by atoms with Gasteiger partial charge in [-0.25, -0.2) is 4.98 Å². The van der Waals surface area contributed by atoms with E-state index in [-0.39, 0.29) is 15.3 Å². The highest BCUT2D eigenvalue weighted by atomic mass is 16.5. The predicted octanol–water partition coefficient (Wildman–Crippen LogP) is 10.2. The summed E-state index contributed by atoms with van der Waals surface area (Å²) in [5, 5.41) is 2.29. The summed E-state index contributed by atoms with van der Waals surface area (Å²) >= 11 is 0. The third kappa shape index (κ3) is 4.25. The lowest BCUT2D eigenvalue weighted by Gasteiger charge is -2.54. The molecule has 6 aromatic rings. The highest BCUT2D eigenvalue weighted by Crippen LogP contribution is 2.61. The van der Waals surface area contributed by atoms with Gasteiger partial charge in [0.2, 0.25) is 0 Å². The molecule has 3 aliphatic rings. The maximum atomic E-state index is 8.47. The first-order valence-corrected chi connectivity index (χ1v) is 15.7. The Labute approximate surface area is 270 Å². The molecule has 1 saturated heterocycles. The van der Waals surface area contributed by atoms with E-state index in [0.717, 1.165) is 44.7 Å². The van der Waals surface area contributed by atoms with Gasteiger partial charge in [-0.05, 0) is 64.4 Å². The van der Waals surface area contributed by atoms with E-state index in [1.165, 1.54) is 11.1 Å². The summed E-state index contributed by atoms with van der Waals surface area (Å²) in [5.41, 5.74) is 7.28. The van der Waals surface area contributed by atoms with Gasteiger partial charge in [0.05, 0.1) is 28.8 Å². The van der Waals surface area contributed by atoms with E-state index >= 15 is 0 Å². The second kappa shape index (κ2) is 9.29. The van der Waals surface area contributed by atoms with Crippen molar-refractivity contribution >= 4 is 38.9 Å². The first kappa shape index (κ1) is 24.8. The van der Waals surface area contributed by atoms with Crippen molar-refractivity contribution in [1.29, 1.82) is 0 Å². The fourth-order valence-electron chi connectivity index (χ4n) is 7.08. The summed E-state index contributed by atoms with van der Waals surface area (Å²) in [7, 11) is 0. The van der Waals surface area contributed by atoms with Gasteiger partial charge in [-0.15, -0.1) is 0 Å². The Kier molecular flexibility index (Phi) is 5.12. The standard InChI is InChI=1S/C40H41N4O/c1-39(2,3)27-15-18-36-37(21-27)44(25-43(36,7)26-44)29-11-10-12-30(23-29)45-31-16-17-33-32-13-8-9-14-34(32)42(35(33)24-31)38-22-28(19-20-41-38)40(4,5)6/h8-25H,26H2,1-7H3/q+1/t43-,44+/m0/s1/i7D3. The van der Waals surface area contributed by atoms with E-state index in [9.17, 15) is 0 Å². The molecule has 9 rings (SSSR count). The highest BCUT2D eigenvalue weighted by molar-refractivity contribution is 6.09. The molecule has 5 heteroatoms. The van der Waals surface area contributed by atoms with Gasteiger partial charge in [0.25, 0.3) is 0 Å². The van der Waals surface area contributed by atoms with Crippen LogP contribution in [0.4, 0.5) is 17.1 Å². The first-order valence-electron chi connectivity index (χ1n) is 17.2. The average molecular weight is 597 g/mol. The fraction of sp³-hybridized carbons (Fsp3) is 0.250. The maximum Gasteiger partial charge on any atom is 0.181 e. The number of nitrogens with zero attached hydrogens (tertiary/aromatic N) is 4. The Hall–Kier alpha value is -4.45. The molecule has 45 heavy (non-hydrogen) atoms. The minimum atomic E-state index is -2.19. The quantitative estimate of drug-likeness (QED) is 0.150. The number of pyridine rings is 1. The molecular formula is C40H41N4O+. The minimum Gasteiger partial charge on any atom is -0.457 e. The molecule has 2 atom stereocenters. The van der Waals surface area contributed by atoms with Crippen LogP contribution in [-0.2, 0) is 10.8 Å². The topological polar surface area (TPSA) is 27.1 Å². The van der Waals surface area contributed by atoms with Crippen LogP contribution >= 0.6 is 0 Å². The number of para-hydroxylation sites is 1. The monoisotopic (exact) mass is 596 g/mol. The van der Waals surface area contributed by atoms with Crippen LogP contribution < -0.4 is 13.7 Å². The number of ether oxygens (including phenoxy) is 1. The zero-order valence-corrected chi connectivity index (χ0v) is 26.8. The Balaban J connectivity index is 1.20. The van der Waals surface area contributed by atoms with E-state index in [4.69, 9.17) is 13.8 Å². The van der Waals surface area contributed by atoms with Gasteiger partial charge in [0.15, 0.2) is 18.0 Å². The molecule has 0 unspecified atom stereocenters. The van der Waals surface area contributed by atoms with Crippen molar-refractivity contribution in [2.45, 2.75) is 52.4 Å². The van der Waals surface area contributed by atoms with Crippen molar-refractivity contribution in [2.24, 2.45) is 0 Å². The summed E-state index contributed by atoms with van der Waals surface area (Å²) < 4.78 is 34.5. The van der Waals surface area contributed by atoms with Crippen LogP contribution in [0.5, 0.6) is 11.5 Å². The molecule has 5 heterocycles. The van der Waals surface area contributed by atoms with Crippen molar-refractivity contribution in [1.82, 2.24) is 18.5 Å². The molecule has 0 radical (unpaired) electrons. The third-order valence-corrected chi connectivity index (χ3v) is 9.54. The van der Waals surface area contributed by atoms with E-state index in [1.807, 2.05) is 37.1 Å². The second-order valence-corrected chi connectivity index (χ2v) is 14.7. The molecule has 2 bridgehead atoms. The first-order chi connectivity index (χ1) is 22.6. The van der Waals surface area contributed by atoms with Crippen LogP contribution in [0, 0.1) is 6.67 Å². The number of hydrogen-bond acceptors (Lipinski definition) is 2. The lowest BCUT2D eigenvalue weighted by Crippen LogP contribution is -2.68. The van der Waals surface area contributed by atoms with Crippen LogP contribution in [0.3, 0.4) is 0 Å². The fourth-order valence-corrected chi connectivity index (χ4v) is 7.08. The zero-order valence-electron chi connectivity index (χ0n) is 29.8. The molecule has 4 aromatic carbocycles. The molecule has 0 amide bonds. The number of fused-ring (bicyclic) bond motifs is 3. The summed E-state index contributed by atoms with van der Waals surface area (Å²) in [4.78, 5) is 4.81. The Morgan fingerprint density at radius 1 is 0.733 bits per heavy atom. The van der Waals surface area contributed by atoms with Gasteiger partial charge in [0.1, 0.15) is 23.0 Å². The molecule has 0 saturated carbocycles. The SMILES string of the molecule is [2H]C([2H])([2H])[N@+]12[CH-][N@+](c3cccc(Oc4ccc5c6ccccc6n(-c6cc(C(C)(C)C)ccn6)c5c4)c3)(C1)c1cc(C(C)(C)C)ccc12. The molecule has 226 valence electrons. The molecule has 0 N–H and O–H groups in total. The Bertz CT molecular complexity index is 2250. The normalized spacial score (nSPS) is 22.0. The van der Waals surface area contributed by atoms with Gasteiger partial charge in [-0.3, -0.25) is 9.05 Å². The average Bonchev–Trinajstić information content (AvgIpc) is 3.61. The summed E-state index contributed by atoms with van der Waals surface area (Å²) in [6.45, 7) is 13.4. The highest BCUT2D eigenvalue weighted by Gasteiger charge is 2.59. The second-order valence-electron chi connectivity index (χ2n) is 14.7. The van der Waals surface area contributed by atoms with Crippen LogP contribution in [0.15, 0.2) is 103 Å². The van der Waals surface area contributed by atoms with Crippen LogP contribution in [0.2, 0.25) is 0 Å². The zero-order chi connectivity index (χ0) is 33.9. The van der Waals surface area contributed by atoms with Crippen molar-refractivity contribution in [3.8, 4) is 17.3 Å². The van der Waals surface area contributed by atoms with E-state index in [2.05, 4.69) is 119 Å². The minimum absolute atomic E-state index is 0.0121. The van der Waals surface area contributed by atoms with Crippen molar-refractivity contribution < 1.29 is 8.85 Å². The molecule has 0 aliphatic carbocycles. The van der Waals surface area contributed by atoms with Crippen LogP contribution in [0.25, 0.3) is 27.6 Å². The Morgan fingerprint density at radius 3 is 2.24 bits per heavy atom. The number of quaternary nitrogens is 2. The van der Waals surface area contributed by atoms with Crippen LogP contribution in [-0.4, -0.2) is 23.2 Å². The number of aromatic nitrogens is 2. The van der Waals surface area contributed by atoms with Gasteiger partial charge in [-0.2, -0.15) is 0 Å². The molecule has 3 aliphatic heterocycles. The Morgan fingerprint density at radius 2 is 1.47 bits per heavy atom. The van der Waals surface area contributed by atoms with Gasteiger partial charge in [0, 0.05) is 41.2 Å². The molecule has 1 fully saturated rings. The van der Waals surface area contributed by atoms with Crippen molar-refractivity contribution in [2.75, 3.05) is 13.6 Å². The summed E-state index contributed by atoms with van der Waals surface area (Å²) in [6.07, 6.45) is 1.89. The molecule has 2 aromatic heterocycles. The smallest absolute Gasteiger partial charge is 0.181 e. The number of benzene rings is 4. The van der Waals surface area contributed by atoms with E-state index < -0.39 is 6.98 Å².